The van der Waals surface area contributed by atoms with Gasteiger partial charge in [0.05, 0.1) is 29.5 Å². The molecule has 10 heteroatoms. The summed E-state index contributed by atoms with van der Waals surface area (Å²) in [4.78, 5) is 8.67. The van der Waals surface area contributed by atoms with E-state index >= 15 is 0 Å². The van der Waals surface area contributed by atoms with Gasteiger partial charge in [0.2, 0.25) is 0 Å². The molecule has 0 saturated carbocycles. The molecule has 0 fully saturated rings. The molecule has 4 heterocycles. The highest BCUT2D eigenvalue weighted by Crippen LogP contribution is 2.26. The van der Waals surface area contributed by atoms with Gasteiger partial charge in [0.1, 0.15) is 29.4 Å². The molecular weight excluding hydrogens is 423 g/mol. The van der Waals surface area contributed by atoms with Crippen LogP contribution in [-0.2, 0) is 6.61 Å². The van der Waals surface area contributed by atoms with Crippen LogP contribution in [0.2, 0.25) is 5.02 Å². The van der Waals surface area contributed by atoms with Crippen molar-refractivity contribution >= 4 is 28.3 Å². The van der Waals surface area contributed by atoms with Gasteiger partial charge in [0.25, 0.3) is 0 Å². The molecule has 154 valence electrons. The van der Waals surface area contributed by atoms with Crippen LogP contribution in [0, 0.1) is 5.82 Å². The van der Waals surface area contributed by atoms with Crippen LogP contribution >= 0.6 is 11.6 Å². The molecule has 1 aromatic carbocycles. The zero-order chi connectivity index (χ0) is 21.4. The van der Waals surface area contributed by atoms with E-state index in [1.165, 1.54) is 12.1 Å². The fraction of sp³-hybridized carbons (Fsp3) is 0.0952. The first-order chi connectivity index (χ1) is 15.1. The summed E-state index contributed by atoms with van der Waals surface area (Å²) < 4.78 is 26.2. The van der Waals surface area contributed by atoms with Crippen LogP contribution in [0.15, 0.2) is 54.9 Å². The zero-order valence-corrected chi connectivity index (χ0v) is 16.9. The monoisotopic (exact) mass is 436 g/mol. The predicted molar refractivity (Wildman–Crippen MR) is 112 cm³/mol. The number of methoxy groups -OCH3 is 1. The number of benzene rings is 1. The molecule has 31 heavy (non-hydrogen) atoms. The molecule has 0 bridgehead atoms. The highest BCUT2D eigenvalue weighted by atomic mass is 35.5. The molecule has 0 spiro atoms. The van der Waals surface area contributed by atoms with Gasteiger partial charge in [0, 0.05) is 23.9 Å². The number of fused-ring (bicyclic) bond motifs is 2. The van der Waals surface area contributed by atoms with Crippen molar-refractivity contribution < 1.29 is 13.9 Å². The van der Waals surface area contributed by atoms with Crippen LogP contribution in [0.5, 0.6) is 11.5 Å². The van der Waals surface area contributed by atoms with Gasteiger partial charge in [-0.05, 0) is 30.3 Å². The summed E-state index contributed by atoms with van der Waals surface area (Å²) in [6.07, 6.45) is 3.24. The van der Waals surface area contributed by atoms with Gasteiger partial charge in [-0.2, -0.15) is 9.61 Å². The lowest BCUT2D eigenvalue weighted by Crippen LogP contribution is -2.05. The van der Waals surface area contributed by atoms with Crippen molar-refractivity contribution in [2.45, 2.75) is 6.61 Å². The maximum Gasteiger partial charge on any atom is 0.192 e. The van der Waals surface area contributed by atoms with Crippen LogP contribution in [0.3, 0.4) is 0 Å². The number of ether oxygens (including phenoxy) is 2. The van der Waals surface area contributed by atoms with Gasteiger partial charge in [-0.1, -0.05) is 11.6 Å². The smallest absolute Gasteiger partial charge is 0.192 e. The summed E-state index contributed by atoms with van der Waals surface area (Å²) in [5, 5.41) is 12.9. The third-order valence-electron chi connectivity index (χ3n) is 4.65. The highest BCUT2D eigenvalue weighted by molar-refractivity contribution is 6.31. The molecular formula is C21H14ClFN6O2. The number of pyridine rings is 2. The quantitative estimate of drug-likeness (QED) is 0.409. The summed E-state index contributed by atoms with van der Waals surface area (Å²) >= 11 is 5.90. The van der Waals surface area contributed by atoms with Crippen LogP contribution < -0.4 is 9.47 Å². The van der Waals surface area contributed by atoms with E-state index in [4.69, 9.17) is 21.1 Å². The number of nitrogens with zero attached hydrogens (tertiary/aromatic N) is 6. The topological polar surface area (TPSA) is 87.3 Å². The number of hydrogen-bond donors (Lipinski definition) is 0. The summed E-state index contributed by atoms with van der Waals surface area (Å²) in [7, 11) is 1.57. The average molecular weight is 437 g/mol. The molecule has 4 aromatic heterocycles. The van der Waals surface area contributed by atoms with Crippen molar-refractivity contribution in [3.63, 3.8) is 0 Å². The van der Waals surface area contributed by atoms with Crippen LogP contribution in [0.4, 0.5) is 4.39 Å². The first-order valence-electron chi connectivity index (χ1n) is 9.21. The fourth-order valence-electron chi connectivity index (χ4n) is 3.09. The third kappa shape index (κ3) is 3.59. The SMILES string of the molecule is COc1cnc2c(OCc3nnc4ccc(-c5ccc(F)c(Cl)c5)nn34)ccnc2c1. The maximum atomic E-state index is 13.5. The van der Waals surface area contributed by atoms with E-state index in [2.05, 4.69) is 25.3 Å². The predicted octanol–water partition coefficient (Wildman–Crippen LogP) is 4.11. The summed E-state index contributed by atoms with van der Waals surface area (Å²) in [6.45, 7) is 0.106. The number of halogens is 2. The minimum atomic E-state index is -0.485. The van der Waals surface area contributed by atoms with Crippen molar-refractivity contribution in [2.75, 3.05) is 7.11 Å². The van der Waals surface area contributed by atoms with Crippen molar-refractivity contribution in [2.24, 2.45) is 0 Å². The standard InChI is InChI=1S/C21H14ClFN6O2/c1-30-13-9-17-21(25-10-13)18(6-7-24-17)31-11-20-27-26-19-5-4-16(28-29(19)20)12-2-3-15(23)14(22)8-12/h2-10H,11H2,1H3. The maximum absolute atomic E-state index is 13.5. The fourth-order valence-corrected chi connectivity index (χ4v) is 3.27. The Morgan fingerprint density at radius 2 is 1.97 bits per heavy atom. The highest BCUT2D eigenvalue weighted by Gasteiger charge is 2.12. The molecule has 5 rings (SSSR count). The Hall–Kier alpha value is -3.85. The second kappa shape index (κ2) is 7.77. The van der Waals surface area contributed by atoms with Gasteiger partial charge in [0.15, 0.2) is 11.5 Å². The molecule has 0 amide bonds. The second-order valence-corrected chi connectivity index (χ2v) is 6.98. The van der Waals surface area contributed by atoms with E-state index in [1.807, 2.05) is 0 Å². The van der Waals surface area contributed by atoms with Crippen LogP contribution in [-0.4, -0.2) is 36.9 Å². The normalized spacial score (nSPS) is 11.2. The lowest BCUT2D eigenvalue weighted by Gasteiger charge is -2.08. The minimum Gasteiger partial charge on any atom is -0.495 e. The van der Waals surface area contributed by atoms with Gasteiger partial charge < -0.3 is 9.47 Å². The van der Waals surface area contributed by atoms with E-state index < -0.39 is 5.82 Å². The Kier molecular flexibility index (Phi) is 4.79. The number of rotatable bonds is 5. The first kappa shape index (κ1) is 19.1. The molecule has 0 aliphatic carbocycles. The van der Waals surface area contributed by atoms with E-state index in [0.717, 1.165) is 0 Å². The molecule has 0 unspecified atom stereocenters. The van der Waals surface area contributed by atoms with E-state index in [1.54, 1.807) is 54.4 Å². The number of aromatic nitrogens is 6. The van der Waals surface area contributed by atoms with Crippen molar-refractivity contribution in [3.05, 3.63) is 71.5 Å². The Balaban J connectivity index is 1.46. The summed E-state index contributed by atoms with van der Waals surface area (Å²) in [5.74, 6) is 1.16. The van der Waals surface area contributed by atoms with Crippen molar-refractivity contribution in [1.82, 2.24) is 29.8 Å². The largest absolute Gasteiger partial charge is 0.495 e. The zero-order valence-electron chi connectivity index (χ0n) is 16.2. The van der Waals surface area contributed by atoms with E-state index in [0.29, 0.717) is 45.3 Å². The Morgan fingerprint density at radius 1 is 1.06 bits per heavy atom. The minimum absolute atomic E-state index is 0.0282. The molecule has 0 aliphatic heterocycles. The van der Waals surface area contributed by atoms with Crippen molar-refractivity contribution in [1.29, 1.82) is 0 Å². The summed E-state index contributed by atoms with van der Waals surface area (Å²) in [5.41, 5.74) is 3.08. The van der Waals surface area contributed by atoms with E-state index in [9.17, 15) is 4.39 Å². The van der Waals surface area contributed by atoms with E-state index in [-0.39, 0.29) is 11.6 Å². The Morgan fingerprint density at radius 3 is 2.81 bits per heavy atom. The van der Waals surface area contributed by atoms with Gasteiger partial charge in [-0.15, -0.1) is 10.2 Å². The van der Waals surface area contributed by atoms with Gasteiger partial charge >= 0.3 is 0 Å². The summed E-state index contributed by atoms with van der Waals surface area (Å²) in [6, 6.07) is 11.5. The molecule has 0 atom stereocenters. The van der Waals surface area contributed by atoms with Crippen LogP contribution in [0.25, 0.3) is 27.9 Å². The molecule has 5 aromatic rings. The second-order valence-electron chi connectivity index (χ2n) is 6.57. The van der Waals surface area contributed by atoms with Crippen LogP contribution in [0.1, 0.15) is 5.82 Å². The third-order valence-corrected chi connectivity index (χ3v) is 4.94. The lowest BCUT2D eigenvalue weighted by molar-refractivity contribution is 0.295. The lowest BCUT2D eigenvalue weighted by atomic mass is 10.1. The molecule has 0 radical (unpaired) electrons. The molecule has 0 saturated heterocycles. The Bertz CT molecular complexity index is 1420. The molecule has 0 N–H and O–H groups in total. The average Bonchev–Trinajstić information content (AvgIpc) is 3.21. The number of hydrogen-bond acceptors (Lipinski definition) is 7. The van der Waals surface area contributed by atoms with Crippen molar-refractivity contribution in [3.8, 4) is 22.8 Å². The molecule has 8 nitrogen and oxygen atoms in total. The first-order valence-corrected chi connectivity index (χ1v) is 9.58. The van der Waals surface area contributed by atoms with Gasteiger partial charge in [-0.3, -0.25) is 4.98 Å². The van der Waals surface area contributed by atoms with Gasteiger partial charge in [-0.25, -0.2) is 9.37 Å². The molecule has 0 aliphatic rings. The Labute approximate surface area is 180 Å².